The first-order chi connectivity index (χ1) is 6.16. The first-order valence-corrected chi connectivity index (χ1v) is 4.99. The van der Waals surface area contributed by atoms with Gasteiger partial charge in [-0.2, -0.15) is 0 Å². The van der Waals surface area contributed by atoms with Gasteiger partial charge in [-0.15, -0.1) is 11.6 Å². The van der Waals surface area contributed by atoms with Gasteiger partial charge in [0.2, 0.25) is 0 Å². The minimum atomic E-state index is -0.158. The van der Waals surface area contributed by atoms with Crippen LogP contribution in [0.4, 0.5) is 4.39 Å². The lowest BCUT2D eigenvalue weighted by atomic mass is 9.96. The summed E-state index contributed by atoms with van der Waals surface area (Å²) in [6, 6.07) is 6.81. The van der Waals surface area contributed by atoms with Crippen LogP contribution in [-0.4, -0.2) is 5.38 Å². The van der Waals surface area contributed by atoms with Crippen LogP contribution in [0.2, 0.25) is 0 Å². The van der Waals surface area contributed by atoms with Crippen LogP contribution in [0.1, 0.15) is 31.7 Å². The molecule has 72 valence electrons. The smallest absolute Gasteiger partial charge is 0.126 e. The lowest BCUT2D eigenvalue weighted by Crippen LogP contribution is -2.09. The average molecular weight is 201 g/mol. The number of rotatable bonds is 3. The van der Waals surface area contributed by atoms with Crippen LogP contribution in [0.5, 0.6) is 0 Å². The van der Waals surface area contributed by atoms with Crippen molar-refractivity contribution >= 4 is 11.6 Å². The monoisotopic (exact) mass is 200 g/mol. The van der Waals surface area contributed by atoms with Crippen molar-refractivity contribution in [2.45, 2.75) is 31.6 Å². The van der Waals surface area contributed by atoms with Crippen LogP contribution in [-0.2, 0) is 0 Å². The maximum absolute atomic E-state index is 13.3. The van der Waals surface area contributed by atoms with Crippen molar-refractivity contribution in [2.24, 2.45) is 0 Å². The molecule has 13 heavy (non-hydrogen) atoms. The highest BCUT2D eigenvalue weighted by Crippen LogP contribution is 2.26. The summed E-state index contributed by atoms with van der Waals surface area (Å²) in [4.78, 5) is 0. The number of hydrogen-bond acceptors (Lipinski definition) is 0. The van der Waals surface area contributed by atoms with Gasteiger partial charge in [0.15, 0.2) is 0 Å². The summed E-state index contributed by atoms with van der Waals surface area (Å²) in [6.45, 7) is 3.97. The highest BCUT2D eigenvalue weighted by Gasteiger charge is 2.17. The molecule has 0 fully saturated rings. The molecule has 0 nitrogen and oxygen atoms in total. The molecule has 0 bridgehead atoms. The van der Waals surface area contributed by atoms with E-state index in [4.69, 9.17) is 11.6 Å². The van der Waals surface area contributed by atoms with E-state index in [9.17, 15) is 4.39 Å². The van der Waals surface area contributed by atoms with Gasteiger partial charge in [0.05, 0.1) is 0 Å². The molecule has 0 aliphatic rings. The van der Waals surface area contributed by atoms with Gasteiger partial charge in [0.25, 0.3) is 0 Å². The van der Waals surface area contributed by atoms with E-state index in [0.717, 1.165) is 6.42 Å². The zero-order valence-corrected chi connectivity index (χ0v) is 8.68. The molecule has 2 unspecified atom stereocenters. The summed E-state index contributed by atoms with van der Waals surface area (Å²) in [6.07, 6.45) is 0.858. The summed E-state index contributed by atoms with van der Waals surface area (Å²) >= 11 is 6.06. The van der Waals surface area contributed by atoms with Gasteiger partial charge in [0, 0.05) is 11.3 Å². The van der Waals surface area contributed by atoms with Crippen molar-refractivity contribution in [1.29, 1.82) is 0 Å². The molecule has 0 radical (unpaired) electrons. The van der Waals surface area contributed by atoms with E-state index < -0.39 is 0 Å². The van der Waals surface area contributed by atoms with E-state index in [2.05, 4.69) is 0 Å². The minimum Gasteiger partial charge on any atom is -0.207 e. The van der Waals surface area contributed by atoms with E-state index in [1.54, 1.807) is 12.1 Å². The number of hydrogen-bond donors (Lipinski definition) is 0. The highest BCUT2D eigenvalue weighted by molar-refractivity contribution is 6.21. The minimum absolute atomic E-state index is 0.0110. The van der Waals surface area contributed by atoms with Crippen LogP contribution in [0.3, 0.4) is 0 Å². The molecule has 0 heterocycles. The Morgan fingerprint density at radius 3 is 2.54 bits per heavy atom. The maximum atomic E-state index is 13.3. The van der Waals surface area contributed by atoms with E-state index in [1.807, 2.05) is 19.9 Å². The molecule has 0 aliphatic carbocycles. The van der Waals surface area contributed by atoms with Crippen LogP contribution < -0.4 is 0 Å². The van der Waals surface area contributed by atoms with Gasteiger partial charge in [0.1, 0.15) is 5.82 Å². The Hall–Kier alpha value is -0.560. The lowest BCUT2D eigenvalue weighted by molar-refractivity contribution is 0.574. The van der Waals surface area contributed by atoms with Crippen LogP contribution in [0.15, 0.2) is 24.3 Å². The standard InChI is InChI=1S/C11H14ClF/c1-3-10(12)8(2)9-6-4-5-7-11(9)13/h4-8,10H,3H2,1-2H3. The maximum Gasteiger partial charge on any atom is 0.126 e. The van der Waals surface area contributed by atoms with Gasteiger partial charge in [-0.1, -0.05) is 32.0 Å². The van der Waals surface area contributed by atoms with Crippen molar-refractivity contribution in [3.63, 3.8) is 0 Å². The zero-order chi connectivity index (χ0) is 9.84. The molecule has 0 aliphatic heterocycles. The van der Waals surface area contributed by atoms with E-state index in [0.29, 0.717) is 5.56 Å². The zero-order valence-electron chi connectivity index (χ0n) is 7.93. The van der Waals surface area contributed by atoms with Crippen LogP contribution in [0, 0.1) is 5.82 Å². The average Bonchev–Trinajstić information content (AvgIpc) is 2.16. The normalized spacial score (nSPS) is 15.4. The fourth-order valence-corrected chi connectivity index (χ4v) is 1.53. The fraction of sp³-hybridized carbons (Fsp3) is 0.455. The Morgan fingerprint density at radius 1 is 1.38 bits per heavy atom. The second-order valence-electron chi connectivity index (χ2n) is 3.23. The molecule has 2 atom stereocenters. The quantitative estimate of drug-likeness (QED) is 0.649. The third kappa shape index (κ3) is 2.44. The van der Waals surface area contributed by atoms with Crippen molar-refractivity contribution < 1.29 is 4.39 Å². The number of alkyl halides is 1. The summed E-state index contributed by atoms with van der Waals surface area (Å²) in [5.41, 5.74) is 0.712. The third-order valence-electron chi connectivity index (χ3n) is 2.33. The number of halogens is 2. The second kappa shape index (κ2) is 4.61. The SMILES string of the molecule is CCC(Cl)C(C)c1ccccc1F. The molecule has 0 saturated heterocycles. The van der Waals surface area contributed by atoms with Gasteiger partial charge >= 0.3 is 0 Å². The van der Waals surface area contributed by atoms with Crippen LogP contribution >= 0.6 is 11.6 Å². The summed E-state index contributed by atoms with van der Waals surface area (Å²) in [7, 11) is 0. The predicted octanol–water partition coefficient (Wildman–Crippen LogP) is 3.95. The largest absolute Gasteiger partial charge is 0.207 e. The van der Waals surface area contributed by atoms with Gasteiger partial charge in [-0.05, 0) is 18.1 Å². The molecular weight excluding hydrogens is 187 g/mol. The molecule has 1 aromatic carbocycles. The van der Waals surface area contributed by atoms with E-state index in [-0.39, 0.29) is 17.1 Å². The number of benzene rings is 1. The summed E-state index contributed by atoms with van der Waals surface area (Å²) in [5, 5.41) is 0.0110. The molecule has 0 N–H and O–H groups in total. The van der Waals surface area contributed by atoms with Gasteiger partial charge < -0.3 is 0 Å². The Morgan fingerprint density at radius 2 is 2.00 bits per heavy atom. The van der Waals surface area contributed by atoms with E-state index in [1.165, 1.54) is 6.07 Å². The Labute approximate surface area is 83.7 Å². The molecule has 1 aromatic rings. The van der Waals surface area contributed by atoms with Crippen molar-refractivity contribution in [2.75, 3.05) is 0 Å². The first kappa shape index (κ1) is 10.5. The van der Waals surface area contributed by atoms with Crippen molar-refractivity contribution in [3.8, 4) is 0 Å². The molecule has 1 rings (SSSR count). The van der Waals surface area contributed by atoms with Crippen molar-refractivity contribution in [1.82, 2.24) is 0 Å². The molecule has 0 saturated carbocycles. The Kier molecular flexibility index (Phi) is 3.73. The van der Waals surface area contributed by atoms with Crippen molar-refractivity contribution in [3.05, 3.63) is 35.6 Å². The van der Waals surface area contributed by atoms with E-state index >= 15 is 0 Å². The lowest BCUT2D eigenvalue weighted by Gasteiger charge is -2.17. The first-order valence-electron chi connectivity index (χ1n) is 4.55. The molecule has 0 spiro atoms. The fourth-order valence-electron chi connectivity index (χ4n) is 1.39. The summed E-state index contributed by atoms with van der Waals surface area (Å²) in [5.74, 6) is -0.0815. The molecule has 0 aromatic heterocycles. The van der Waals surface area contributed by atoms with Gasteiger partial charge in [-0.25, -0.2) is 4.39 Å². The topological polar surface area (TPSA) is 0 Å². The molecule has 2 heteroatoms. The summed E-state index contributed by atoms with van der Waals surface area (Å²) < 4.78 is 13.3. The second-order valence-corrected chi connectivity index (χ2v) is 3.80. The Bertz CT molecular complexity index is 273. The predicted molar refractivity (Wildman–Crippen MR) is 54.7 cm³/mol. The highest BCUT2D eigenvalue weighted by atomic mass is 35.5. The van der Waals surface area contributed by atoms with Gasteiger partial charge in [-0.3, -0.25) is 0 Å². The molecular formula is C11H14ClF. The molecule has 0 amide bonds. The third-order valence-corrected chi connectivity index (χ3v) is 3.01. The Balaban J connectivity index is 2.88. The van der Waals surface area contributed by atoms with Crippen LogP contribution in [0.25, 0.3) is 0 Å².